The Morgan fingerprint density at radius 1 is 1.57 bits per heavy atom. The maximum absolute atomic E-state index is 12.1. The third kappa shape index (κ3) is 4.52. The minimum atomic E-state index is -0.201. The van der Waals surface area contributed by atoms with Gasteiger partial charge in [0.05, 0.1) is 16.6 Å². The van der Waals surface area contributed by atoms with Gasteiger partial charge in [0.25, 0.3) is 0 Å². The van der Waals surface area contributed by atoms with Crippen molar-refractivity contribution in [2.45, 2.75) is 33.6 Å². The summed E-state index contributed by atoms with van der Waals surface area (Å²) < 4.78 is 0. The van der Waals surface area contributed by atoms with E-state index in [0.717, 1.165) is 23.7 Å². The molecule has 1 aliphatic heterocycles. The fourth-order valence-electron chi connectivity index (χ4n) is 2.55. The number of likely N-dealkylation sites (tertiary alicyclic amines) is 1. The quantitative estimate of drug-likeness (QED) is 0.868. The minimum Gasteiger partial charge on any atom is -0.355 e. The van der Waals surface area contributed by atoms with Gasteiger partial charge >= 0.3 is 0 Å². The van der Waals surface area contributed by atoms with E-state index in [1.807, 2.05) is 12.3 Å². The van der Waals surface area contributed by atoms with Gasteiger partial charge in [0.15, 0.2) is 0 Å². The third-order valence-corrected chi connectivity index (χ3v) is 4.34. The van der Waals surface area contributed by atoms with E-state index >= 15 is 0 Å². The van der Waals surface area contributed by atoms with Gasteiger partial charge in [0.1, 0.15) is 0 Å². The molecule has 5 nitrogen and oxygen atoms in total. The fourth-order valence-corrected chi connectivity index (χ4v) is 3.19. The van der Waals surface area contributed by atoms with Gasteiger partial charge in [0, 0.05) is 37.9 Å². The lowest BCUT2D eigenvalue weighted by molar-refractivity contribution is -0.129. The Hall–Kier alpha value is -1.43. The number of hydrogen-bond donors (Lipinski definition) is 1. The molecule has 1 N–H and O–H groups in total. The Morgan fingerprint density at radius 2 is 2.33 bits per heavy atom. The van der Waals surface area contributed by atoms with E-state index in [-0.39, 0.29) is 17.7 Å². The van der Waals surface area contributed by atoms with Crippen LogP contribution in [0.2, 0.25) is 0 Å². The molecular formula is C15H23N3O2S. The summed E-state index contributed by atoms with van der Waals surface area (Å²) in [5.74, 6) is 0.317. The molecule has 0 spiro atoms. The first kappa shape index (κ1) is 15.9. The highest BCUT2D eigenvalue weighted by Crippen LogP contribution is 2.19. The SMILES string of the molecule is Cc1nc(CCNC(=O)[C@H]2CC(=O)N(CC(C)C)C2)cs1. The normalized spacial score (nSPS) is 18.6. The summed E-state index contributed by atoms with van der Waals surface area (Å²) in [5.41, 5.74) is 1.02. The van der Waals surface area contributed by atoms with Crippen molar-refractivity contribution in [2.75, 3.05) is 19.6 Å². The lowest BCUT2D eigenvalue weighted by atomic mass is 10.1. The summed E-state index contributed by atoms with van der Waals surface area (Å²) in [6.45, 7) is 8.00. The van der Waals surface area contributed by atoms with Crippen molar-refractivity contribution < 1.29 is 9.59 Å². The van der Waals surface area contributed by atoms with Crippen molar-refractivity contribution in [2.24, 2.45) is 11.8 Å². The van der Waals surface area contributed by atoms with Crippen molar-refractivity contribution in [1.29, 1.82) is 0 Å². The predicted molar refractivity (Wildman–Crippen MR) is 83.1 cm³/mol. The predicted octanol–water partition coefficient (Wildman–Crippen LogP) is 1.61. The van der Waals surface area contributed by atoms with Crippen LogP contribution in [0.25, 0.3) is 0 Å². The van der Waals surface area contributed by atoms with Crippen LogP contribution in [0, 0.1) is 18.8 Å². The van der Waals surface area contributed by atoms with Gasteiger partial charge < -0.3 is 10.2 Å². The molecule has 0 saturated carbocycles. The molecule has 21 heavy (non-hydrogen) atoms. The van der Waals surface area contributed by atoms with Gasteiger partial charge in [-0.25, -0.2) is 4.98 Å². The molecule has 2 rings (SSSR count). The Morgan fingerprint density at radius 3 is 2.95 bits per heavy atom. The summed E-state index contributed by atoms with van der Waals surface area (Å²) >= 11 is 1.62. The molecule has 0 bridgehead atoms. The summed E-state index contributed by atoms with van der Waals surface area (Å²) in [7, 11) is 0. The maximum atomic E-state index is 12.1. The van der Waals surface area contributed by atoms with E-state index in [0.29, 0.717) is 25.4 Å². The Balaban J connectivity index is 1.75. The van der Waals surface area contributed by atoms with Crippen LogP contribution < -0.4 is 5.32 Å². The smallest absolute Gasteiger partial charge is 0.225 e. The van der Waals surface area contributed by atoms with E-state index in [2.05, 4.69) is 24.1 Å². The number of aromatic nitrogens is 1. The fraction of sp³-hybridized carbons (Fsp3) is 0.667. The van der Waals surface area contributed by atoms with Gasteiger partial charge in [-0.3, -0.25) is 9.59 Å². The number of nitrogens with zero attached hydrogens (tertiary/aromatic N) is 2. The molecule has 1 saturated heterocycles. The summed E-state index contributed by atoms with van der Waals surface area (Å²) in [5, 5.41) is 5.99. The first-order chi connectivity index (χ1) is 9.95. The Bertz CT molecular complexity index is 513. The van der Waals surface area contributed by atoms with Crippen LogP contribution in [0.15, 0.2) is 5.38 Å². The minimum absolute atomic E-state index is 0.0124. The molecule has 116 valence electrons. The summed E-state index contributed by atoms with van der Waals surface area (Å²) in [4.78, 5) is 30.1. The molecule has 2 heterocycles. The lowest BCUT2D eigenvalue weighted by Gasteiger charge is -2.18. The maximum Gasteiger partial charge on any atom is 0.225 e. The lowest BCUT2D eigenvalue weighted by Crippen LogP contribution is -2.35. The first-order valence-electron chi connectivity index (χ1n) is 7.42. The zero-order valence-corrected chi connectivity index (χ0v) is 13.7. The number of thiazole rings is 1. The second-order valence-electron chi connectivity index (χ2n) is 5.99. The summed E-state index contributed by atoms with van der Waals surface area (Å²) in [6.07, 6.45) is 1.08. The van der Waals surface area contributed by atoms with E-state index in [9.17, 15) is 9.59 Å². The molecule has 1 aliphatic rings. The Kier molecular flexibility index (Phi) is 5.33. The van der Waals surface area contributed by atoms with Crippen LogP contribution in [0.4, 0.5) is 0 Å². The largest absolute Gasteiger partial charge is 0.355 e. The molecular weight excluding hydrogens is 286 g/mol. The highest BCUT2D eigenvalue weighted by molar-refractivity contribution is 7.09. The van der Waals surface area contributed by atoms with Crippen LogP contribution in [-0.4, -0.2) is 41.3 Å². The van der Waals surface area contributed by atoms with Crippen LogP contribution in [0.5, 0.6) is 0 Å². The van der Waals surface area contributed by atoms with Crippen molar-refractivity contribution in [3.63, 3.8) is 0 Å². The number of nitrogens with one attached hydrogen (secondary N) is 1. The molecule has 1 atom stereocenters. The van der Waals surface area contributed by atoms with Crippen LogP contribution in [0.1, 0.15) is 31.0 Å². The zero-order chi connectivity index (χ0) is 15.4. The van der Waals surface area contributed by atoms with Crippen molar-refractivity contribution >= 4 is 23.2 Å². The van der Waals surface area contributed by atoms with Crippen LogP contribution >= 0.6 is 11.3 Å². The molecule has 1 aromatic rings. The van der Waals surface area contributed by atoms with Gasteiger partial charge in [-0.1, -0.05) is 13.8 Å². The number of aryl methyl sites for hydroxylation is 1. The molecule has 6 heteroatoms. The standard InChI is InChI=1S/C15H23N3O2S/c1-10(2)7-18-8-12(6-14(18)19)15(20)16-5-4-13-9-21-11(3)17-13/h9-10,12H,4-8H2,1-3H3,(H,16,20)/t12-/m0/s1. The van der Waals surface area contributed by atoms with Gasteiger partial charge in [-0.15, -0.1) is 11.3 Å². The second kappa shape index (κ2) is 7.02. The van der Waals surface area contributed by atoms with Gasteiger partial charge in [-0.05, 0) is 12.8 Å². The van der Waals surface area contributed by atoms with E-state index < -0.39 is 0 Å². The number of amides is 2. The molecule has 0 unspecified atom stereocenters. The second-order valence-corrected chi connectivity index (χ2v) is 7.05. The highest BCUT2D eigenvalue weighted by Gasteiger charge is 2.34. The van der Waals surface area contributed by atoms with Crippen molar-refractivity contribution in [1.82, 2.24) is 15.2 Å². The number of hydrogen-bond acceptors (Lipinski definition) is 4. The zero-order valence-electron chi connectivity index (χ0n) is 12.9. The molecule has 0 radical (unpaired) electrons. The van der Waals surface area contributed by atoms with Crippen LogP contribution in [0.3, 0.4) is 0 Å². The molecule has 2 amide bonds. The third-order valence-electron chi connectivity index (χ3n) is 3.52. The van der Waals surface area contributed by atoms with E-state index in [1.54, 1.807) is 16.2 Å². The average Bonchev–Trinajstić information content (AvgIpc) is 2.96. The van der Waals surface area contributed by atoms with Gasteiger partial charge in [-0.2, -0.15) is 0 Å². The van der Waals surface area contributed by atoms with Crippen molar-refractivity contribution in [3.05, 3.63) is 16.1 Å². The molecule has 1 aromatic heterocycles. The Labute approximate surface area is 129 Å². The highest BCUT2D eigenvalue weighted by atomic mass is 32.1. The van der Waals surface area contributed by atoms with E-state index in [4.69, 9.17) is 0 Å². The van der Waals surface area contributed by atoms with E-state index in [1.165, 1.54) is 0 Å². The van der Waals surface area contributed by atoms with Crippen molar-refractivity contribution in [3.8, 4) is 0 Å². The number of carbonyl (C=O) groups is 2. The molecule has 0 aliphatic carbocycles. The monoisotopic (exact) mass is 309 g/mol. The average molecular weight is 309 g/mol. The number of carbonyl (C=O) groups excluding carboxylic acids is 2. The summed E-state index contributed by atoms with van der Waals surface area (Å²) in [6, 6.07) is 0. The number of rotatable bonds is 6. The van der Waals surface area contributed by atoms with Crippen LogP contribution in [-0.2, 0) is 16.0 Å². The van der Waals surface area contributed by atoms with Gasteiger partial charge in [0.2, 0.25) is 11.8 Å². The topological polar surface area (TPSA) is 62.3 Å². The first-order valence-corrected chi connectivity index (χ1v) is 8.30. The molecule has 0 aromatic carbocycles. The molecule has 1 fully saturated rings.